The highest BCUT2D eigenvalue weighted by Crippen LogP contribution is 2.50. The van der Waals surface area contributed by atoms with E-state index in [0.29, 0.717) is 6.61 Å². The first kappa shape index (κ1) is 19.0. The second-order valence-corrected chi connectivity index (χ2v) is 9.10. The van der Waals surface area contributed by atoms with Crippen molar-refractivity contribution in [3.05, 3.63) is 59.3 Å². The molecule has 0 radical (unpaired) electrons. The summed E-state index contributed by atoms with van der Waals surface area (Å²) in [7, 11) is 0. The van der Waals surface area contributed by atoms with Gasteiger partial charge in [-0.3, -0.25) is 4.98 Å². The zero-order chi connectivity index (χ0) is 21.0. The number of pyridine rings is 1. The molecule has 0 bridgehead atoms. The number of aryl methyl sites for hydroxylation is 1. The summed E-state index contributed by atoms with van der Waals surface area (Å²) in [6.45, 7) is 5.40. The van der Waals surface area contributed by atoms with Crippen molar-refractivity contribution in [2.45, 2.75) is 38.6 Å². The van der Waals surface area contributed by atoms with Crippen molar-refractivity contribution in [2.24, 2.45) is 11.1 Å². The Kier molecular flexibility index (Phi) is 4.36. The lowest BCUT2D eigenvalue weighted by molar-refractivity contribution is 0.161. The fourth-order valence-electron chi connectivity index (χ4n) is 5.72. The normalized spacial score (nSPS) is 22.7. The summed E-state index contributed by atoms with van der Waals surface area (Å²) in [6.07, 6.45) is 9.91. The Balaban J connectivity index is 1.31. The van der Waals surface area contributed by atoms with Crippen LogP contribution in [0.25, 0.3) is 11.1 Å². The largest absolute Gasteiger partial charge is 0.377 e. The van der Waals surface area contributed by atoms with Gasteiger partial charge in [0.1, 0.15) is 5.52 Å². The van der Waals surface area contributed by atoms with Crippen molar-refractivity contribution in [1.82, 2.24) is 19.6 Å². The predicted octanol–water partition coefficient (Wildman–Crippen LogP) is 3.08. The minimum Gasteiger partial charge on any atom is -0.377 e. The van der Waals surface area contributed by atoms with E-state index in [4.69, 9.17) is 15.5 Å². The SMILES string of the molecule is Cc1nc(N2CCC3(CC2)Cc2ncccc2[C@H]3N)c2ccnn2c1C1=CCOCC1. The molecule has 0 amide bonds. The van der Waals surface area contributed by atoms with Crippen LogP contribution in [-0.2, 0) is 11.2 Å². The van der Waals surface area contributed by atoms with E-state index >= 15 is 0 Å². The lowest BCUT2D eigenvalue weighted by Crippen LogP contribution is -2.44. The van der Waals surface area contributed by atoms with Gasteiger partial charge < -0.3 is 15.4 Å². The van der Waals surface area contributed by atoms with Crippen molar-refractivity contribution in [3.63, 3.8) is 0 Å². The average molecular weight is 417 g/mol. The van der Waals surface area contributed by atoms with E-state index in [1.54, 1.807) is 0 Å². The molecule has 31 heavy (non-hydrogen) atoms. The number of fused-ring (bicyclic) bond motifs is 2. The Hall–Kier alpha value is -2.77. The van der Waals surface area contributed by atoms with E-state index in [9.17, 15) is 0 Å². The molecule has 1 aliphatic carbocycles. The number of hydrogen-bond donors (Lipinski definition) is 1. The molecular weight excluding hydrogens is 388 g/mol. The maximum Gasteiger partial charge on any atom is 0.155 e. The quantitative estimate of drug-likeness (QED) is 0.691. The third kappa shape index (κ3) is 2.91. The van der Waals surface area contributed by atoms with Crippen LogP contribution in [0.2, 0.25) is 0 Å². The molecule has 160 valence electrons. The molecule has 3 aromatic rings. The molecular formula is C24H28N6O. The number of hydrogen-bond acceptors (Lipinski definition) is 6. The molecule has 2 N–H and O–H groups in total. The van der Waals surface area contributed by atoms with Crippen molar-refractivity contribution < 1.29 is 4.74 Å². The van der Waals surface area contributed by atoms with E-state index in [1.165, 1.54) is 16.8 Å². The van der Waals surface area contributed by atoms with Gasteiger partial charge in [0, 0.05) is 31.0 Å². The zero-order valence-electron chi connectivity index (χ0n) is 17.9. The van der Waals surface area contributed by atoms with Gasteiger partial charge in [-0.1, -0.05) is 12.1 Å². The standard InChI is InChI=1S/C24H28N6O/c1-16-21(17-5-13-31-14-6-17)30-20(4-10-27-30)23(28-16)29-11-7-24(8-12-29)15-19-18(22(24)25)3-2-9-26-19/h2-5,9-10,22H,6-8,11-15,25H2,1H3/t22-/m1/s1. The van der Waals surface area contributed by atoms with E-state index in [1.807, 2.05) is 18.5 Å². The molecule has 1 fully saturated rings. The van der Waals surface area contributed by atoms with Crippen LogP contribution in [0.1, 0.15) is 47.9 Å². The van der Waals surface area contributed by atoms with Crippen LogP contribution < -0.4 is 10.6 Å². The molecule has 6 rings (SSSR count). The first-order valence-electron chi connectivity index (χ1n) is 11.2. The summed E-state index contributed by atoms with van der Waals surface area (Å²) in [5.41, 5.74) is 13.8. The Bertz CT molecular complexity index is 1170. The maximum atomic E-state index is 6.74. The van der Waals surface area contributed by atoms with E-state index in [-0.39, 0.29) is 11.5 Å². The maximum absolute atomic E-state index is 6.74. The van der Waals surface area contributed by atoms with Crippen LogP contribution in [-0.4, -0.2) is 45.9 Å². The lowest BCUT2D eigenvalue weighted by Gasteiger charge is -2.42. The number of aromatic nitrogens is 4. The summed E-state index contributed by atoms with van der Waals surface area (Å²) in [6, 6.07) is 6.31. The van der Waals surface area contributed by atoms with Gasteiger partial charge in [-0.25, -0.2) is 9.50 Å². The third-order valence-electron chi connectivity index (χ3n) is 7.47. The second kappa shape index (κ2) is 7.14. The first-order chi connectivity index (χ1) is 15.2. The minimum absolute atomic E-state index is 0.0749. The van der Waals surface area contributed by atoms with E-state index < -0.39 is 0 Å². The van der Waals surface area contributed by atoms with Crippen molar-refractivity contribution >= 4 is 16.9 Å². The van der Waals surface area contributed by atoms with Crippen LogP contribution >= 0.6 is 0 Å². The smallest absolute Gasteiger partial charge is 0.155 e. The Morgan fingerprint density at radius 1 is 1.19 bits per heavy atom. The van der Waals surface area contributed by atoms with Gasteiger partial charge in [-0.05, 0) is 61.3 Å². The van der Waals surface area contributed by atoms with E-state index in [0.717, 1.165) is 68.1 Å². The van der Waals surface area contributed by atoms with Gasteiger partial charge >= 0.3 is 0 Å². The summed E-state index contributed by atoms with van der Waals surface area (Å²) in [5.74, 6) is 1.03. The van der Waals surface area contributed by atoms with Crippen LogP contribution in [0, 0.1) is 12.3 Å². The number of ether oxygens (including phenoxy) is 1. The Morgan fingerprint density at radius 2 is 2.06 bits per heavy atom. The molecule has 3 aromatic heterocycles. The summed E-state index contributed by atoms with van der Waals surface area (Å²) in [4.78, 5) is 12.1. The fourth-order valence-corrected chi connectivity index (χ4v) is 5.72. The summed E-state index contributed by atoms with van der Waals surface area (Å²) < 4.78 is 7.57. The van der Waals surface area contributed by atoms with Crippen LogP contribution in [0.15, 0.2) is 36.7 Å². The predicted molar refractivity (Wildman–Crippen MR) is 120 cm³/mol. The fraction of sp³-hybridized carbons (Fsp3) is 0.458. The number of nitrogens with zero attached hydrogens (tertiary/aromatic N) is 5. The lowest BCUT2D eigenvalue weighted by atomic mass is 9.73. The molecule has 3 aliphatic rings. The van der Waals surface area contributed by atoms with Crippen LogP contribution in [0.5, 0.6) is 0 Å². The van der Waals surface area contributed by atoms with Gasteiger partial charge in [-0.15, -0.1) is 0 Å². The molecule has 0 unspecified atom stereocenters. The molecule has 7 heteroatoms. The highest BCUT2D eigenvalue weighted by atomic mass is 16.5. The average Bonchev–Trinajstić information content (AvgIpc) is 3.38. The number of nitrogens with two attached hydrogens (primary N) is 1. The topological polar surface area (TPSA) is 81.6 Å². The molecule has 0 aromatic carbocycles. The van der Waals surface area contributed by atoms with Gasteiger partial charge in [0.15, 0.2) is 5.82 Å². The van der Waals surface area contributed by atoms with Gasteiger partial charge in [-0.2, -0.15) is 5.10 Å². The summed E-state index contributed by atoms with van der Waals surface area (Å²) >= 11 is 0. The minimum atomic E-state index is 0.0749. The van der Waals surface area contributed by atoms with Gasteiger partial charge in [0.2, 0.25) is 0 Å². The third-order valence-corrected chi connectivity index (χ3v) is 7.47. The molecule has 1 atom stereocenters. The van der Waals surface area contributed by atoms with Gasteiger partial charge in [0.05, 0.1) is 30.8 Å². The van der Waals surface area contributed by atoms with Crippen molar-refractivity contribution in [1.29, 1.82) is 0 Å². The monoisotopic (exact) mass is 416 g/mol. The first-order valence-corrected chi connectivity index (χ1v) is 11.2. The zero-order valence-corrected chi connectivity index (χ0v) is 17.9. The number of piperidine rings is 1. The van der Waals surface area contributed by atoms with Crippen LogP contribution in [0.4, 0.5) is 5.82 Å². The molecule has 2 aliphatic heterocycles. The van der Waals surface area contributed by atoms with Gasteiger partial charge in [0.25, 0.3) is 0 Å². The number of anilines is 1. The number of rotatable bonds is 2. The Labute approximate surface area is 181 Å². The van der Waals surface area contributed by atoms with Crippen molar-refractivity contribution in [2.75, 3.05) is 31.2 Å². The summed E-state index contributed by atoms with van der Waals surface area (Å²) in [5, 5.41) is 4.66. The molecule has 0 saturated carbocycles. The molecule has 1 saturated heterocycles. The van der Waals surface area contributed by atoms with Crippen molar-refractivity contribution in [3.8, 4) is 0 Å². The van der Waals surface area contributed by atoms with Crippen LogP contribution in [0.3, 0.4) is 0 Å². The molecule has 5 heterocycles. The highest BCUT2D eigenvalue weighted by molar-refractivity contribution is 5.75. The highest BCUT2D eigenvalue weighted by Gasteiger charge is 2.46. The van der Waals surface area contributed by atoms with E-state index in [2.05, 4.69) is 44.6 Å². The molecule has 7 nitrogen and oxygen atoms in total. The Morgan fingerprint density at radius 3 is 2.84 bits per heavy atom. The molecule has 1 spiro atoms. The second-order valence-electron chi connectivity index (χ2n) is 9.10.